The number of nitrogens with two attached hydrogens (primary N) is 1. The third-order valence-electron chi connectivity index (χ3n) is 6.24. The van der Waals surface area contributed by atoms with Gasteiger partial charge in [0.15, 0.2) is 0 Å². The predicted octanol–water partition coefficient (Wildman–Crippen LogP) is 3.03. The maximum atomic E-state index is 13.1. The van der Waals surface area contributed by atoms with Crippen LogP contribution in [0.4, 0.5) is 5.00 Å². The number of piperidine rings is 1. The van der Waals surface area contributed by atoms with E-state index in [2.05, 4.69) is 11.8 Å². The Morgan fingerprint density at radius 2 is 1.72 bits per heavy atom. The van der Waals surface area contributed by atoms with Gasteiger partial charge >= 0.3 is 0 Å². The zero-order valence-electron chi connectivity index (χ0n) is 17.1. The van der Waals surface area contributed by atoms with Gasteiger partial charge < -0.3 is 15.5 Å². The van der Waals surface area contributed by atoms with E-state index >= 15 is 0 Å². The van der Waals surface area contributed by atoms with Crippen molar-refractivity contribution in [3.05, 3.63) is 29.8 Å². The Bertz CT molecular complexity index is 880. The Morgan fingerprint density at radius 3 is 2.41 bits per heavy atom. The molecule has 29 heavy (non-hydrogen) atoms. The van der Waals surface area contributed by atoms with Crippen LogP contribution in [-0.4, -0.2) is 71.8 Å². The van der Waals surface area contributed by atoms with E-state index in [9.17, 15) is 9.59 Å². The van der Waals surface area contributed by atoms with Crippen molar-refractivity contribution < 1.29 is 9.59 Å². The first-order valence-corrected chi connectivity index (χ1v) is 11.5. The summed E-state index contributed by atoms with van der Waals surface area (Å²) in [6.45, 7) is 7.02. The maximum absolute atomic E-state index is 13.1. The molecule has 6 nitrogen and oxygen atoms in total. The molecule has 156 valence electrons. The third kappa shape index (κ3) is 4.12. The molecule has 0 aliphatic carbocycles. The van der Waals surface area contributed by atoms with Crippen molar-refractivity contribution in [3.8, 4) is 0 Å². The van der Waals surface area contributed by atoms with Crippen LogP contribution < -0.4 is 5.73 Å². The van der Waals surface area contributed by atoms with Gasteiger partial charge in [-0.15, -0.1) is 11.3 Å². The van der Waals surface area contributed by atoms with Gasteiger partial charge in [-0.2, -0.15) is 0 Å². The number of likely N-dealkylation sites (tertiary alicyclic amines) is 1. The van der Waals surface area contributed by atoms with E-state index in [1.54, 1.807) is 0 Å². The highest BCUT2D eigenvalue weighted by molar-refractivity contribution is 7.23. The summed E-state index contributed by atoms with van der Waals surface area (Å²) in [7, 11) is 0. The first kappa shape index (κ1) is 20.2. The number of rotatable bonds is 4. The number of hydrogen-bond donors (Lipinski definition) is 1. The van der Waals surface area contributed by atoms with Crippen molar-refractivity contribution in [2.75, 3.05) is 45.0 Å². The molecular weight excluding hydrogens is 384 g/mol. The quantitative estimate of drug-likeness (QED) is 0.835. The Kier molecular flexibility index (Phi) is 6.06. The summed E-state index contributed by atoms with van der Waals surface area (Å²) in [5, 5.41) is 1.58. The number of nitrogen functional groups attached to an aromatic ring is 1. The summed E-state index contributed by atoms with van der Waals surface area (Å²) in [4.78, 5) is 31.7. The van der Waals surface area contributed by atoms with E-state index in [4.69, 9.17) is 5.73 Å². The lowest BCUT2D eigenvalue weighted by molar-refractivity contribution is -0.132. The van der Waals surface area contributed by atoms with Crippen LogP contribution in [0.2, 0.25) is 0 Å². The van der Waals surface area contributed by atoms with Crippen molar-refractivity contribution in [2.45, 2.75) is 38.6 Å². The fourth-order valence-corrected chi connectivity index (χ4v) is 5.55. The highest BCUT2D eigenvalue weighted by atomic mass is 32.1. The molecule has 2 amide bonds. The largest absolute Gasteiger partial charge is 0.390 e. The van der Waals surface area contributed by atoms with Gasteiger partial charge in [0.25, 0.3) is 5.91 Å². The van der Waals surface area contributed by atoms with Crippen LogP contribution in [0.3, 0.4) is 0 Å². The van der Waals surface area contributed by atoms with Crippen LogP contribution >= 0.6 is 11.3 Å². The van der Waals surface area contributed by atoms with E-state index in [1.165, 1.54) is 11.3 Å². The molecule has 0 unspecified atom stereocenters. The van der Waals surface area contributed by atoms with Crippen LogP contribution in [0.25, 0.3) is 10.1 Å². The van der Waals surface area contributed by atoms with Crippen LogP contribution in [0.5, 0.6) is 0 Å². The molecule has 1 aromatic carbocycles. The Hall–Kier alpha value is -2.12. The van der Waals surface area contributed by atoms with Crippen molar-refractivity contribution >= 4 is 38.2 Å². The van der Waals surface area contributed by atoms with Gasteiger partial charge in [0.1, 0.15) is 0 Å². The summed E-state index contributed by atoms with van der Waals surface area (Å²) in [6, 6.07) is 8.46. The third-order valence-corrected chi connectivity index (χ3v) is 7.24. The standard InChI is InChI=1S/C22H30N4O2S/c1-2-5-19(27)25-10-8-16(9-11-25)24-12-14-26(15-13-24)22(28)20-17-6-3-4-7-18(17)29-21(20)23/h3-4,6-7,16H,2,5,8-15,23H2,1H3. The van der Waals surface area contributed by atoms with Crippen LogP contribution in [0, 0.1) is 0 Å². The molecule has 0 bridgehead atoms. The minimum absolute atomic E-state index is 0.0552. The minimum atomic E-state index is 0.0552. The smallest absolute Gasteiger partial charge is 0.257 e. The molecule has 1 aromatic heterocycles. The van der Waals surface area contributed by atoms with Crippen molar-refractivity contribution in [1.82, 2.24) is 14.7 Å². The molecule has 2 saturated heterocycles. The van der Waals surface area contributed by atoms with Crippen LogP contribution in [0.1, 0.15) is 43.0 Å². The molecule has 0 saturated carbocycles. The van der Waals surface area contributed by atoms with Gasteiger partial charge in [-0.1, -0.05) is 25.1 Å². The molecule has 2 N–H and O–H groups in total. The number of piperazine rings is 1. The number of thiophene rings is 1. The number of carbonyl (C=O) groups is 2. The summed E-state index contributed by atoms with van der Waals surface area (Å²) >= 11 is 1.49. The molecule has 0 radical (unpaired) electrons. The summed E-state index contributed by atoms with van der Waals surface area (Å²) in [6.07, 6.45) is 3.64. The molecule has 2 fully saturated rings. The molecule has 0 atom stereocenters. The minimum Gasteiger partial charge on any atom is -0.390 e. The van der Waals surface area contributed by atoms with E-state index in [1.807, 2.05) is 34.1 Å². The molecule has 2 aromatic rings. The number of carbonyl (C=O) groups excluding carboxylic acids is 2. The van der Waals surface area contributed by atoms with E-state index in [-0.39, 0.29) is 5.91 Å². The predicted molar refractivity (Wildman–Crippen MR) is 118 cm³/mol. The number of nitrogens with zero attached hydrogens (tertiary/aromatic N) is 3. The molecule has 0 spiro atoms. The fourth-order valence-electron chi connectivity index (χ4n) is 4.59. The number of fused-ring (bicyclic) bond motifs is 1. The average molecular weight is 415 g/mol. The zero-order valence-corrected chi connectivity index (χ0v) is 17.9. The second-order valence-corrected chi connectivity index (χ2v) is 9.11. The number of anilines is 1. The van der Waals surface area contributed by atoms with Gasteiger partial charge in [0, 0.05) is 61.8 Å². The summed E-state index contributed by atoms with van der Waals surface area (Å²) < 4.78 is 1.07. The van der Waals surface area contributed by atoms with Crippen molar-refractivity contribution in [2.24, 2.45) is 0 Å². The highest BCUT2D eigenvalue weighted by Gasteiger charge is 2.31. The molecule has 4 rings (SSSR count). The van der Waals surface area contributed by atoms with Crippen molar-refractivity contribution in [3.63, 3.8) is 0 Å². The normalized spacial score (nSPS) is 19.1. The number of amides is 2. The summed E-state index contributed by atoms with van der Waals surface area (Å²) in [5.41, 5.74) is 6.86. The Labute approximate surface area is 176 Å². The number of benzene rings is 1. The lowest BCUT2D eigenvalue weighted by atomic mass is 10.0. The lowest BCUT2D eigenvalue weighted by Gasteiger charge is -2.42. The van der Waals surface area contributed by atoms with Gasteiger partial charge in [-0.3, -0.25) is 14.5 Å². The SMILES string of the molecule is CCCC(=O)N1CCC(N2CCN(C(=O)c3c(N)sc4ccccc34)CC2)CC1. The Morgan fingerprint density at radius 1 is 1.03 bits per heavy atom. The molecule has 2 aliphatic heterocycles. The molecular formula is C22H30N4O2S. The molecule has 3 heterocycles. The fraction of sp³-hybridized carbons (Fsp3) is 0.545. The van der Waals surface area contributed by atoms with E-state index < -0.39 is 0 Å². The molecule has 2 aliphatic rings. The van der Waals surface area contributed by atoms with Gasteiger partial charge in [-0.05, 0) is 25.3 Å². The first-order valence-electron chi connectivity index (χ1n) is 10.7. The second-order valence-electron chi connectivity index (χ2n) is 8.03. The highest BCUT2D eigenvalue weighted by Crippen LogP contribution is 2.34. The van der Waals surface area contributed by atoms with Crippen LogP contribution in [-0.2, 0) is 4.79 Å². The van der Waals surface area contributed by atoms with Gasteiger partial charge in [-0.25, -0.2) is 0 Å². The van der Waals surface area contributed by atoms with E-state index in [0.29, 0.717) is 28.9 Å². The first-order chi connectivity index (χ1) is 14.1. The second kappa shape index (κ2) is 8.71. The summed E-state index contributed by atoms with van der Waals surface area (Å²) in [5.74, 6) is 0.349. The van der Waals surface area contributed by atoms with E-state index in [0.717, 1.165) is 68.6 Å². The maximum Gasteiger partial charge on any atom is 0.257 e. The lowest BCUT2D eigenvalue weighted by Crippen LogP contribution is -2.54. The van der Waals surface area contributed by atoms with Gasteiger partial charge in [0.2, 0.25) is 5.91 Å². The zero-order chi connectivity index (χ0) is 20.4. The van der Waals surface area contributed by atoms with Crippen molar-refractivity contribution in [1.29, 1.82) is 0 Å². The molecule has 7 heteroatoms. The van der Waals surface area contributed by atoms with Crippen LogP contribution in [0.15, 0.2) is 24.3 Å². The monoisotopic (exact) mass is 414 g/mol. The topological polar surface area (TPSA) is 69.9 Å². The average Bonchev–Trinajstić information content (AvgIpc) is 3.09. The Balaban J connectivity index is 1.33. The number of hydrogen-bond acceptors (Lipinski definition) is 5. The van der Waals surface area contributed by atoms with Gasteiger partial charge in [0.05, 0.1) is 10.6 Å².